The van der Waals surface area contributed by atoms with Crippen molar-refractivity contribution in [2.75, 3.05) is 13.1 Å². The van der Waals surface area contributed by atoms with E-state index in [9.17, 15) is 37.3 Å². The Bertz CT molecular complexity index is 1850. The van der Waals surface area contributed by atoms with Crippen LogP contribution in [-0.4, -0.2) is 77.0 Å². The number of nitrogens with zero attached hydrogens (tertiary/aromatic N) is 3. The molecule has 0 bridgehead atoms. The molecular weight excluding hydrogens is 763 g/mol. The number of likely N-dealkylation sites (tertiary alicyclic amines) is 1. The van der Waals surface area contributed by atoms with Gasteiger partial charge in [-0.3, -0.25) is 23.9 Å². The normalized spacial score (nSPS) is 17.7. The molecule has 2 unspecified atom stereocenters. The maximum atomic E-state index is 13.0. The lowest BCUT2D eigenvalue weighted by Crippen LogP contribution is -2.55. The Hall–Kier alpha value is -4.47. The second kappa shape index (κ2) is 24.5. The molecule has 1 aromatic carbocycles. The van der Waals surface area contributed by atoms with Crippen LogP contribution in [0.5, 0.6) is 0 Å². The van der Waals surface area contributed by atoms with Crippen LogP contribution in [0.25, 0.3) is 11.0 Å². The fourth-order valence-electron chi connectivity index (χ4n) is 7.19. The number of fused-ring (bicyclic) bond motifs is 1. The molecule has 1 aliphatic heterocycles. The number of unbranched alkanes of at least 4 members (excludes halogenated alkanes) is 5. The van der Waals surface area contributed by atoms with Gasteiger partial charge >= 0.3 is 6.03 Å². The zero-order valence-corrected chi connectivity index (χ0v) is 35.7. The molecule has 322 valence electrons. The van der Waals surface area contributed by atoms with Gasteiger partial charge in [0.2, 0.25) is 21.8 Å². The minimum atomic E-state index is -3.88. The van der Waals surface area contributed by atoms with Gasteiger partial charge in [-0.05, 0) is 82.8 Å². The van der Waals surface area contributed by atoms with Crippen molar-refractivity contribution in [1.29, 1.82) is 0 Å². The second-order valence-electron chi connectivity index (χ2n) is 15.5. The van der Waals surface area contributed by atoms with Crippen LogP contribution < -0.4 is 20.9 Å². The number of hydrogen-bond acceptors (Lipinski definition) is 9. The molecule has 0 radical (unpaired) electrons. The zero-order chi connectivity index (χ0) is 42.6. The Morgan fingerprint density at radius 2 is 1.72 bits per heavy atom. The molecule has 3 fully saturated rings. The number of aryl methyl sites for hydroxylation is 1. The van der Waals surface area contributed by atoms with Gasteiger partial charge in [-0.1, -0.05) is 103 Å². The van der Waals surface area contributed by atoms with Crippen molar-refractivity contribution in [1.82, 2.24) is 30.2 Å². The fraction of sp³-hybridized carbons (Fsp3) is 0.667. The maximum Gasteiger partial charge on any atom is 0.379 e. The number of amides is 5. The summed E-state index contributed by atoms with van der Waals surface area (Å²) in [6, 6.07) is 4.51. The summed E-state index contributed by atoms with van der Waals surface area (Å²) in [6.45, 7) is 7.42. The first-order valence-electron chi connectivity index (χ1n) is 21.3. The van der Waals surface area contributed by atoms with Crippen LogP contribution in [0, 0.1) is 10.8 Å². The summed E-state index contributed by atoms with van der Waals surface area (Å²) in [6.07, 6.45) is 20.9. The number of carbonyl (C=O) groups is 4. The summed E-state index contributed by atoms with van der Waals surface area (Å²) >= 11 is 0. The molecule has 58 heavy (non-hydrogen) atoms. The minimum Gasteiger partial charge on any atom is -0.342 e. The summed E-state index contributed by atoms with van der Waals surface area (Å²) in [5.41, 5.74) is 2.38. The molecule has 2 aromatic rings. The van der Waals surface area contributed by atoms with Crippen molar-refractivity contribution in [3.63, 3.8) is 0 Å². The largest absolute Gasteiger partial charge is 0.379 e. The molecule has 3 aliphatic rings. The van der Waals surface area contributed by atoms with Gasteiger partial charge in [0.15, 0.2) is 0 Å². The van der Waals surface area contributed by atoms with Gasteiger partial charge < -0.3 is 20.5 Å². The number of H-pyrrole nitrogens is 1. The first-order valence-corrected chi connectivity index (χ1v) is 22.8. The number of rotatable bonds is 19. The Morgan fingerprint density at radius 3 is 2.41 bits per heavy atom. The third kappa shape index (κ3) is 15.0. The van der Waals surface area contributed by atoms with Crippen LogP contribution in [0.3, 0.4) is 0 Å². The highest BCUT2D eigenvalue weighted by atomic mass is 32.2. The summed E-state index contributed by atoms with van der Waals surface area (Å²) in [5, 5.41) is 6.79. The van der Waals surface area contributed by atoms with E-state index in [-0.39, 0.29) is 18.5 Å². The van der Waals surface area contributed by atoms with Gasteiger partial charge in [0, 0.05) is 11.7 Å². The average Bonchev–Trinajstić information content (AvgIpc) is 3.55. The molecule has 2 aliphatic carbocycles. The minimum absolute atomic E-state index is 0.0236. The number of carbonyl (C=O) groups excluding carboxylic acids is 4. The van der Waals surface area contributed by atoms with Gasteiger partial charge in [-0.2, -0.15) is 0 Å². The smallest absolute Gasteiger partial charge is 0.342 e. The number of aromatic nitrogens is 2. The first-order chi connectivity index (χ1) is 27.9. The topological polar surface area (TPSA) is 217 Å². The summed E-state index contributed by atoms with van der Waals surface area (Å²) in [5.74, 6) is -1.01. The molecular formula is C42H65N7O8S. The molecule has 16 heteroatoms. The van der Waals surface area contributed by atoms with Gasteiger partial charge in [0.25, 0.3) is 11.5 Å². The Morgan fingerprint density at radius 1 is 1.00 bits per heavy atom. The molecule has 1 aromatic heterocycles. The highest BCUT2D eigenvalue weighted by Gasteiger charge is 2.51. The summed E-state index contributed by atoms with van der Waals surface area (Å²) in [7, 11) is -3.88. The molecule has 2 atom stereocenters. The van der Waals surface area contributed by atoms with Crippen molar-refractivity contribution in [3.8, 4) is 0 Å². The van der Waals surface area contributed by atoms with Crippen LogP contribution in [0.4, 0.5) is 4.79 Å². The highest BCUT2D eigenvalue weighted by molar-refractivity contribution is 7.91. The number of hydrogen-bond donors (Lipinski definition) is 4. The first kappa shape index (κ1) is 47.9. The van der Waals surface area contributed by atoms with E-state index in [1.54, 1.807) is 13.0 Å². The molecule has 15 nitrogen and oxygen atoms in total. The third-order valence-corrected chi connectivity index (χ3v) is 13.2. The quantitative estimate of drug-likeness (QED) is 0.0672. The number of urea groups is 1. The SMILES string of the molecule is CC.CCCCC/C=C\CC(NC(=O)C1CCCN1C(=O)CNC(=O)N=O)C(=O)NS(=O)(=O)C1(C)CC1.O=c1[nH]c2ccccc2nc1CCCCCC1CCCC1. The molecule has 1 saturated heterocycles. The average molecular weight is 828 g/mol. The number of nitrogens with one attached hydrogen (secondary N) is 4. The highest BCUT2D eigenvalue weighted by Crippen LogP contribution is 2.42. The van der Waals surface area contributed by atoms with Crippen molar-refractivity contribution < 1.29 is 27.6 Å². The van der Waals surface area contributed by atoms with E-state index in [0.717, 1.165) is 55.5 Å². The number of para-hydroxylation sites is 2. The molecule has 5 amide bonds. The molecule has 0 spiro atoms. The van der Waals surface area contributed by atoms with E-state index in [1.807, 2.05) is 49.5 Å². The molecule has 2 heterocycles. The van der Waals surface area contributed by atoms with E-state index < -0.39 is 57.2 Å². The Kier molecular flexibility index (Phi) is 20.2. The standard InChI is InChI=1S/C22H35N5O7S.C18H24N2O.C2H6/c1-3-4-5-6-7-8-10-16(19(29)26-35(33,34)22(2)12-13-22)24-20(30)17-11-9-14-27(17)18(28)15-23-21(31)25-32;21-18-17(19-15-11-6-7-12-16(15)20-18)13-3-1-2-8-14-9-4-5-10-14;1-2/h7-8,16-17H,3-6,9-15H2,1-2H3,(H,23,31)(H,24,30)(H,26,29);6-7,11-12,14H,1-5,8-10,13H2,(H,20,21);1-2H3/b8-7-;;. The van der Waals surface area contributed by atoms with E-state index in [0.29, 0.717) is 31.4 Å². The molecule has 2 saturated carbocycles. The molecule has 4 N–H and O–H groups in total. The van der Waals surface area contributed by atoms with Crippen molar-refractivity contribution in [3.05, 3.63) is 57.4 Å². The Balaban J connectivity index is 0.000000331. The van der Waals surface area contributed by atoms with E-state index >= 15 is 0 Å². The fourth-order valence-corrected chi connectivity index (χ4v) is 8.49. The lowest BCUT2D eigenvalue weighted by atomic mass is 9.99. The van der Waals surface area contributed by atoms with Crippen LogP contribution in [0.1, 0.15) is 143 Å². The third-order valence-electron chi connectivity index (χ3n) is 11.0. The monoisotopic (exact) mass is 827 g/mol. The summed E-state index contributed by atoms with van der Waals surface area (Å²) in [4.78, 5) is 80.2. The maximum absolute atomic E-state index is 13.0. The van der Waals surface area contributed by atoms with Crippen LogP contribution in [0.2, 0.25) is 0 Å². The van der Waals surface area contributed by atoms with Crippen LogP contribution >= 0.6 is 0 Å². The number of aromatic amines is 1. The van der Waals surface area contributed by atoms with Gasteiger partial charge in [0.05, 0.1) is 22.3 Å². The van der Waals surface area contributed by atoms with Crippen molar-refractivity contribution in [2.45, 2.75) is 160 Å². The van der Waals surface area contributed by atoms with Crippen molar-refractivity contribution in [2.24, 2.45) is 11.1 Å². The van der Waals surface area contributed by atoms with E-state index in [2.05, 4.69) is 32.1 Å². The van der Waals surface area contributed by atoms with Crippen LogP contribution in [-0.2, 0) is 30.8 Å². The second-order valence-corrected chi connectivity index (χ2v) is 17.7. The number of allylic oxidation sites excluding steroid dienone is 1. The lowest BCUT2D eigenvalue weighted by Gasteiger charge is -2.26. The number of benzene rings is 1. The van der Waals surface area contributed by atoms with E-state index in [1.165, 1.54) is 49.8 Å². The zero-order valence-electron chi connectivity index (χ0n) is 34.9. The van der Waals surface area contributed by atoms with Gasteiger partial charge in [-0.25, -0.2) is 18.2 Å². The lowest BCUT2D eigenvalue weighted by molar-refractivity contribution is -0.138. The van der Waals surface area contributed by atoms with Gasteiger partial charge in [-0.15, -0.1) is 4.91 Å². The number of sulfonamides is 1. The predicted octanol–water partition coefficient (Wildman–Crippen LogP) is 6.71. The predicted molar refractivity (Wildman–Crippen MR) is 226 cm³/mol. The van der Waals surface area contributed by atoms with Crippen molar-refractivity contribution >= 4 is 44.8 Å². The van der Waals surface area contributed by atoms with Crippen LogP contribution in [0.15, 0.2) is 46.4 Å². The van der Waals surface area contributed by atoms with E-state index in [4.69, 9.17) is 0 Å². The Labute approximate surface area is 343 Å². The molecule has 5 rings (SSSR count). The van der Waals surface area contributed by atoms with Gasteiger partial charge in [0.1, 0.15) is 17.8 Å². The number of nitroso groups, excluding NO2 is 1. The summed E-state index contributed by atoms with van der Waals surface area (Å²) < 4.78 is 26.2.